The zero-order valence-electron chi connectivity index (χ0n) is 23.7. The van der Waals surface area contributed by atoms with Crippen LogP contribution in [-0.4, -0.2) is 40.8 Å². The van der Waals surface area contributed by atoms with Crippen molar-refractivity contribution < 1.29 is 14.6 Å². The number of guanidine groups is 1. The van der Waals surface area contributed by atoms with Crippen LogP contribution in [0.2, 0.25) is 0 Å². The van der Waals surface area contributed by atoms with Crippen molar-refractivity contribution in [1.29, 1.82) is 0 Å². The zero-order chi connectivity index (χ0) is 27.1. The summed E-state index contributed by atoms with van der Waals surface area (Å²) in [5, 5.41) is 14.3. The number of nitrogens with one attached hydrogen (secondary N) is 1. The quantitative estimate of drug-likeness (QED) is 0.434. The third kappa shape index (κ3) is 5.07. The summed E-state index contributed by atoms with van der Waals surface area (Å²) < 4.78 is 13.4. The maximum Gasteiger partial charge on any atom is 0.201 e. The third-order valence-electron chi connectivity index (χ3n) is 8.95. The molecule has 2 aromatic carbocycles. The summed E-state index contributed by atoms with van der Waals surface area (Å²) in [7, 11) is 0. The molecule has 0 radical (unpaired) electrons. The minimum Gasteiger partial charge on any atom is -0.494 e. The fourth-order valence-corrected chi connectivity index (χ4v) is 6.68. The van der Waals surface area contributed by atoms with Gasteiger partial charge in [-0.1, -0.05) is 48.0 Å². The lowest BCUT2D eigenvalue weighted by atomic mass is 9.72. The van der Waals surface area contributed by atoms with Crippen LogP contribution in [0, 0.1) is 5.92 Å². The van der Waals surface area contributed by atoms with Crippen LogP contribution in [0.5, 0.6) is 5.75 Å². The van der Waals surface area contributed by atoms with Crippen molar-refractivity contribution in [3.8, 4) is 5.75 Å². The maximum atomic E-state index is 11.1. The lowest BCUT2D eigenvalue weighted by molar-refractivity contribution is -0.152. The summed E-state index contributed by atoms with van der Waals surface area (Å²) in [6, 6.07) is 14.9. The first-order chi connectivity index (χ1) is 18.8. The number of aliphatic imine (C=N–C) groups is 1. The topological polar surface area (TPSA) is 66.3 Å². The maximum absolute atomic E-state index is 11.1. The number of nitrogens with zero attached hydrogens (tertiary/aromatic N) is 2. The Bertz CT molecular complexity index is 1340. The van der Waals surface area contributed by atoms with Crippen LogP contribution in [0.15, 0.2) is 65.0 Å². The normalized spacial score (nSPS) is 27.8. The lowest BCUT2D eigenvalue weighted by Crippen LogP contribution is -2.50. The van der Waals surface area contributed by atoms with Crippen molar-refractivity contribution >= 4 is 11.5 Å². The van der Waals surface area contributed by atoms with E-state index in [1.165, 1.54) is 16.7 Å². The molecule has 39 heavy (non-hydrogen) atoms. The van der Waals surface area contributed by atoms with Gasteiger partial charge in [0.05, 0.1) is 18.8 Å². The van der Waals surface area contributed by atoms with E-state index in [0.717, 1.165) is 73.6 Å². The molecular formula is C33H41N3O3. The SMILES string of the molecule is CC(C)=CCC[C@]1(C)Oc2cc(C3=C(O)NC(N4CCc5ccccc5C4)=NC3)ccc2[C@@H]2O[C@H](C)CC[C@H]21. The van der Waals surface area contributed by atoms with E-state index in [9.17, 15) is 5.11 Å². The van der Waals surface area contributed by atoms with Crippen molar-refractivity contribution in [3.05, 3.63) is 82.3 Å². The molecule has 6 heteroatoms. The molecule has 1 saturated heterocycles. The molecule has 0 aromatic heterocycles. The van der Waals surface area contributed by atoms with Crippen LogP contribution in [-0.2, 0) is 17.7 Å². The number of hydrogen-bond donors (Lipinski definition) is 2. The highest BCUT2D eigenvalue weighted by atomic mass is 16.5. The molecule has 2 aromatic rings. The molecule has 4 atom stereocenters. The minimum absolute atomic E-state index is 0.0295. The molecule has 6 rings (SSSR count). The molecule has 2 N–H and O–H groups in total. The molecule has 0 saturated carbocycles. The second-order valence-corrected chi connectivity index (χ2v) is 12.1. The predicted molar refractivity (Wildman–Crippen MR) is 156 cm³/mol. The Morgan fingerprint density at radius 2 is 2.00 bits per heavy atom. The Hall–Kier alpha value is -3.25. The first-order valence-electron chi connectivity index (χ1n) is 14.5. The van der Waals surface area contributed by atoms with Crippen molar-refractivity contribution in [2.75, 3.05) is 13.1 Å². The zero-order valence-corrected chi connectivity index (χ0v) is 23.7. The third-order valence-corrected chi connectivity index (χ3v) is 8.95. The van der Waals surface area contributed by atoms with Crippen LogP contribution in [0.4, 0.5) is 0 Å². The fraction of sp³-hybridized carbons (Fsp3) is 0.485. The van der Waals surface area contributed by atoms with E-state index in [2.05, 4.69) is 86.5 Å². The molecule has 4 aliphatic heterocycles. The number of hydrogen-bond acceptors (Lipinski definition) is 6. The van der Waals surface area contributed by atoms with Crippen molar-refractivity contribution in [2.45, 2.75) is 84.2 Å². The van der Waals surface area contributed by atoms with Gasteiger partial charge in [0.2, 0.25) is 5.96 Å². The van der Waals surface area contributed by atoms with Crippen molar-refractivity contribution in [2.24, 2.45) is 10.9 Å². The Kier molecular flexibility index (Phi) is 6.92. The molecule has 0 spiro atoms. The standard InChI is InChI=1S/C33H41N3O3/c1-21(2)8-7-16-33(4)28-14-11-22(3)38-30(28)26-13-12-24(18-29(26)39-33)27-19-34-32(35-31(27)37)36-17-15-23-9-5-6-10-25(23)20-36/h5-6,8-10,12-13,18,22,28,30,37H,7,11,14-17,19-20H2,1-4H3,(H,34,35)/t22-,28-,30+,33+/m1/s1. The smallest absolute Gasteiger partial charge is 0.201 e. The first kappa shape index (κ1) is 26.0. The molecule has 4 aliphatic rings. The van der Waals surface area contributed by atoms with E-state index < -0.39 is 0 Å². The van der Waals surface area contributed by atoms with Gasteiger partial charge >= 0.3 is 0 Å². The average molecular weight is 528 g/mol. The summed E-state index contributed by atoms with van der Waals surface area (Å²) in [5.41, 5.74) is 6.58. The van der Waals surface area contributed by atoms with Gasteiger partial charge in [0.15, 0.2) is 5.88 Å². The van der Waals surface area contributed by atoms with Crippen LogP contribution >= 0.6 is 0 Å². The molecule has 1 fully saturated rings. The van der Waals surface area contributed by atoms with E-state index in [1.54, 1.807) is 0 Å². The van der Waals surface area contributed by atoms with Gasteiger partial charge in [-0.05, 0) is 82.6 Å². The summed E-state index contributed by atoms with van der Waals surface area (Å²) in [6.45, 7) is 10.8. The van der Waals surface area contributed by atoms with Gasteiger partial charge in [0.1, 0.15) is 11.4 Å². The Morgan fingerprint density at radius 1 is 1.18 bits per heavy atom. The second kappa shape index (κ2) is 10.4. The van der Waals surface area contributed by atoms with E-state index in [0.29, 0.717) is 12.5 Å². The van der Waals surface area contributed by atoms with E-state index in [1.807, 2.05) is 0 Å². The number of aliphatic hydroxyl groups is 1. The van der Waals surface area contributed by atoms with Gasteiger partial charge in [-0.3, -0.25) is 5.32 Å². The second-order valence-electron chi connectivity index (χ2n) is 12.1. The molecule has 0 bridgehead atoms. The number of benzene rings is 2. The Labute approximate surface area is 232 Å². The number of allylic oxidation sites excluding steroid dienone is 2. The average Bonchev–Trinajstić information content (AvgIpc) is 2.92. The van der Waals surface area contributed by atoms with Gasteiger partial charge < -0.3 is 19.5 Å². The van der Waals surface area contributed by atoms with Gasteiger partial charge in [0, 0.05) is 30.1 Å². The van der Waals surface area contributed by atoms with Crippen LogP contribution in [0.3, 0.4) is 0 Å². The highest BCUT2D eigenvalue weighted by molar-refractivity contribution is 5.87. The first-order valence-corrected chi connectivity index (χ1v) is 14.5. The predicted octanol–water partition coefficient (Wildman–Crippen LogP) is 6.68. The van der Waals surface area contributed by atoms with Gasteiger partial charge in [0.25, 0.3) is 0 Å². The molecular weight excluding hydrogens is 486 g/mol. The summed E-state index contributed by atoms with van der Waals surface area (Å²) in [5.74, 6) is 2.09. The van der Waals surface area contributed by atoms with Crippen LogP contribution in [0.25, 0.3) is 5.57 Å². The largest absolute Gasteiger partial charge is 0.494 e. The molecule has 0 unspecified atom stereocenters. The Morgan fingerprint density at radius 3 is 2.79 bits per heavy atom. The highest BCUT2D eigenvalue weighted by Gasteiger charge is 2.49. The van der Waals surface area contributed by atoms with Gasteiger partial charge in [-0.15, -0.1) is 0 Å². The molecule has 6 nitrogen and oxygen atoms in total. The molecule has 0 aliphatic carbocycles. The van der Waals surface area contributed by atoms with E-state index >= 15 is 0 Å². The molecule has 0 amide bonds. The van der Waals surface area contributed by atoms with Crippen molar-refractivity contribution in [1.82, 2.24) is 10.2 Å². The lowest BCUT2D eigenvalue weighted by Gasteiger charge is -2.50. The van der Waals surface area contributed by atoms with Crippen LogP contribution in [0.1, 0.15) is 81.7 Å². The van der Waals surface area contributed by atoms with Crippen LogP contribution < -0.4 is 10.1 Å². The Balaban J connectivity index is 1.24. The minimum atomic E-state index is -0.306. The summed E-state index contributed by atoms with van der Waals surface area (Å²) in [6.07, 6.45) is 7.65. The summed E-state index contributed by atoms with van der Waals surface area (Å²) in [4.78, 5) is 7.06. The van der Waals surface area contributed by atoms with Crippen molar-refractivity contribution in [3.63, 3.8) is 0 Å². The number of fused-ring (bicyclic) bond motifs is 4. The molecule has 4 heterocycles. The number of rotatable bonds is 4. The van der Waals surface area contributed by atoms with E-state index in [4.69, 9.17) is 14.5 Å². The van der Waals surface area contributed by atoms with Gasteiger partial charge in [-0.25, -0.2) is 4.99 Å². The summed E-state index contributed by atoms with van der Waals surface area (Å²) >= 11 is 0. The van der Waals surface area contributed by atoms with Gasteiger partial charge in [-0.2, -0.15) is 0 Å². The van der Waals surface area contributed by atoms with E-state index in [-0.39, 0.29) is 23.7 Å². The highest BCUT2D eigenvalue weighted by Crippen LogP contribution is 2.52. The molecule has 206 valence electrons. The fourth-order valence-electron chi connectivity index (χ4n) is 6.68. The number of ether oxygens (including phenoxy) is 2. The number of aliphatic hydroxyl groups excluding tert-OH is 1. The monoisotopic (exact) mass is 527 g/mol.